The monoisotopic (exact) mass is 261 g/mol. The molecule has 1 aromatic carbocycles. The van der Waals surface area contributed by atoms with Crippen molar-refractivity contribution in [3.05, 3.63) is 28.8 Å². The van der Waals surface area contributed by atoms with Crippen molar-refractivity contribution in [2.75, 3.05) is 11.4 Å². The average molecular weight is 261 g/mol. The molecule has 19 heavy (non-hydrogen) atoms. The highest BCUT2D eigenvalue weighted by Crippen LogP contribution is 2.41. The number of rotatable bonds is 3. The topological polar surface area (TPSA) is 57.6 Å². The van der Waals surface area contributed by atoms with E-state index in [0.29, 0.717) is 13.0 Å². The number of aliphatic carboxylic acids is 1. The summed E-state index contributed by atoms with van der Waals surface area (Å²) >= 11 is 0. The summed E-state index contributed by atoms with van der Waals surface area (Å²) < 4.78 is 0. The third-order valence-electron chi connectivity index (χ3n) is 3.70. The van der Waals surface area contributed by atoms with Crippen molar-refractivity contribution in [1.82, 2.24) is 0 Å². The van der Waals surface area contributed by atoms with Crippen LogP contribution in [0.4, 0.5) is 5.69 Å². The van der Waals surface area contributed by atoms with E-state index in [4.69, 9.17) is 5.11 Å². The second kappa shape index (κ2) is 5.03. The Morgan fingerprint density at radius 2 is 2.05 bits per heavy atom. The zero-order chi connectivity index (χ0) is 14.2. The van der Waals surface area contributed by atoms with Gasteiger partial charge in [0.2, 0.25) is 5.91 Å². The van der Waals surface area contributed by atoms with Gasteiger partial charge in [-0.25, -0.2) is 0 Å². The van der Waals surface area contributed by atoms with Gasteiger partial charge in [-0.05, 0) is 43.0 Å². The first-order valence-electron chi connectivity index (χ1n) is 6.51. The van der Waals surface area contributed by atoms with Gasteiger partial charge in [-0.3, -0.25) is 9.59 Å². The molecule has 1 aliphatic rings. The van der Waals surface area contributed by atoms with Crippen molar-refractivity contribution in [3.8, 4) is 0 Å². The lowest BCUT2D eigenvalue weighted by atomic mass is 9.91. The molecule has 1 unspecified atom stereocenters. The molecule has 1 N–H and O–H groups in total. The first kappa shape index (κ1) is 13.6. The number of nitrogens with zero attached hydrogens (tertiary/aromatic N) is 1. The number of carbonyl (C=O) groups excluding carboxylic acids is 1. The van der Waals surface area contributed by atoms with Gasteiger partial charge < -0.3 is 10.0 Å². The van der Waals surface area contributed by atoms with E-state index < -0.39 is 5.97 Å². The summed E-state index contributed by atoms with van der Waals surface area (Å²) in [7, 11) is 0. The molecule has 0 spiro atoms. The van der Waals surface area contributed by atoms with E-state index in [2.05, 4.69) is 6.07 Å². The van der Waals surface area contributed by atoms with Crippen LogP contribution in [0.25, 0.3) is 0 Å². The summed E-state index contributed by atoms with van der Waals surface area (Å²) in [5, 5.41) is 8.83. The number of carboxylic acid groups (broad SMARTS) is 1. The van der Waals surface area contributed by atoms with Gasteiger partial charge in [-0.1, -0.05) is 6.07 Å². The van der Waals surface area contributed by atoms with Gasteiger partial charge >= 0.3 is 5.97 Å². The fourth-order valence-corrected chi connectivity index (χ4v) is 2.95. The normalized spacial score (nSPS) is 17.4. The molecule has 0 bridgehead atoms. The molecule has 0 fully saturated rings. The maximum atomic E-state index is 11.7. The molecular weight excluding hydrogens is 242 g/mol. The van der Waals surface area contributed by atoms with Crippen LogP contribution >= 0.6 is 0 Å². The van der Waals surface area contributed by atoms with Crippen molar-refractivity contribution in [2.24, 2.45) is 0 Å². The summed E-state index contributed by atoms with van der Waals surface area (Å²) in [5.41, 5.74) is 4.37. The minimum Gasteiger partial charge on any atom is -0.481 e. The molecular formula is C15H19NO3. The molecule has 4 nitrogen and oxygen atoms in total. The fourth-order valence-electron chi connectivity index (χ4n) is 2.95. The number of aryl methyl sites for hydroxylation is 2. The van der Waals surface area contributed by atoms with E-state index >= 15 is 0 Å². The van der Waals surface area contributed by atoms with E-state index in [-0.39, 0.29) is 18.2 Å². The minimum absolute atomic E-state index is 0.0177. The van der Waals surface area contributed by atoms with Gasteiger partial charge in [0.1, 0.15) is 0 Å². The lowest BCUT2D eigenvalue weighted by molar-refractivity contribution is -0.137. The van der Waals surface area contributed by atoms with Crippen LogP contribution in [0.5, 0.6) is 0 Å². The van der Waals surface area contributed by atoms with Gasteiger partial charge in [0.15, 0.2) is 0 Å². The van der Waals surface area contributed by atoms with E-state index in [9.17, 15) is 9.59 Å². The smallest absolute Gasteiger partial charge is 0.303 e. The number of fused-ring (bicyclic) bond motifs is 1. The Kier molecular flexibility index (Phi) is 3.60. The van der Waals surface area contributed by atoms with E-state index in [1.165, 1.54) is 0 Å². The predicted molar refractivity (Wildman–Crippen MR) is 73.6 cm³/mol. The molecule has 1 atom stereocenters. The lowest BCUT2D eigenvalue weighted by Gasteiger charge is -2.15. The second-order valence-electron chi connectivity index (χ2n) is 5.27. The highest BCUT2D eigenvalue weighted by molar-refractivity contribution is 5.94. The van der Waals surface area contributed by atoms with Crippen molar-refractivity contribution in [2.45, 2.75) is 39.5 Å². The van der Waals surface area contributed by atoms with Crippen LogP contribution in [0.2, 0.25) is 0 Å². The Morgan fingerprint density at radius 1 is 1.37 bits per heavy atom. The molecule has 4 heteroatoms. The average Bonchev–Trinajstić information content (AvgIpc) is 2.65. The number of amides is 1. The van der Waals surface area contributed by atoms with Crippen LogP contribution < -0.4 is 4.90 Å². The van der Waals surface area contributed by atoms with Gasteiger partial charge in [-0.15, -0.1) is 0 Å². The zero-order valence-electron chi connectivity index (χ0n) is 11.6. The Labute approximate surface area is 113 Å². The summed E-state index contributed by atoms with van der Waals surface area (Å²) in [6.07, 6.45) is 0.721. The van der Waals surface area contributed by atoms with Crippen LogP contribution in [0.1, 0.15) is 42.4 Å². The summed E-state index contributed by atoms with van der Waals surface area (Å²) in [5.74, 6) is -0.632. The van der Waals surface area contributed by atoms with Crippen LogP contribution in [-0.2, 0) is 9.59 Å². The first-order chi connectivity index (χ1) is 8.90. The zero-order valence-corrected chi connectivity index (χ0v) is 11.6. The SMILES string of the molecule is CC(=O)N1CC(CCC(=O)O)c2c(C)cc(C)cc21. The lowest BCUT2D eigenvalue weighted by Crippen LogP contribution is -2.27. The van der Waals surface area contributed by atoms with Crippen molar-refractivity contribution < 1.29 is 14.7 Å². The summed E-state index contributed by atoms with van der Waals surface area (Å²) in [6, 6.07) is 4.11. The van der Waals surface area contributed by atoms with E-state index in [1.54, 1.807) is 11.8 Å². The molecule has 0 aromatic heterocycles. The molecule has 0 saturated heterocycles. The van der Waals surface area contributed by atoms with Crippen molar-refractivity contribution in [3.63, 3.8) is 0 Å². The Morgan fingerprint density at radius 3 is 2.63 bits per heavy atom. The molecule has 0 radical (unpaired) electrons. The number of carbonyl (C=O) groups is 2. The van der Waals surface area contributed by atoms with E-state index in [1.807, 2.05) is 19.9 Å². The fraction of sp³-hybridized carbons (Fsp3) is 0.467. The van der Waals surface area contributed by atoms with E-state index in [0.717, 1.165) is 22.4 Å². The van der Waals surface area contributed by atoms with Gasteiger partial charge in [-0.2, -0.15) is 0 Å². The molecule has 1 aliphatic heterocycles. The van der Waals surface area contributed by atoms with Gasteiger partial charge in [0.05, 0.1) is 0 Å². The highest BCUT2D eigenvalue weighted by atomic mass is 16.4. The number of benzene rings is 1. The maximum absolute atomic E-state index is 11.7. The minimum atomic E-state index is -0.785. The Bertz CT molecular complexity index is 536. The van der Waals surface area contributed by atoms with Crippen LogP contribution in [-0.4, -0.2) is 23.5 Å². The second-order valence-corrected chi connectivity index (χ2v) is 5.27. The van der Waals surface area contributed by atoms with Crippen LogP contribution in [0, 0.1) is 13.8 Å². The number of carboxylic acids is 1. The van der Waals surface area contributed by atoms with Gasteiger partial charge in [0.25, 0.3) is 0 Å². The molecule has 1 amide bonds. The summed E-state index contributed by atoms with van der Waals surface area (Å²) in [4.78, 5) is 24.2. The molecule has 1 heterocycles. The summed E-state index contributed by atoms with van der Waals surface area (Å²) in [6.45, 7) is 6.20. The van der Waals surface area contributed by atoms with Gasteiger partial charge in [0, 0.05) is 31.5 Å². The quantitative estimate of drug-likeness (QED) is 0.910. The van der Waals surface area contributed by atoms with Crippen LogP contribution in [0.3, 0.4) is 0 Å². The third-order valence-corrected chi connectivity index (χ3v) is 3.70. The maximum Gasteiger partial charge on any atom is 0.303 e. The van der Waals surface area contributed by atoms with Crippen molar-refractivity contribution >= 4 is 17.6 Å². The molecule has 102 valence electrons. The Balaban J connectivity index is 2.38. The predicted octanol–water partition coefficient (Wildman–Crippen LogP) is 2.62. The standard InChI is InChI=1S/C15H19NO3/c1-9-6-10(2)15-12(4-5-14(18)19)8-16(11(3)17)13(15)7-9/h6-7,12H,4-5,8H2,1-3H3,(H,18,19). The number of hydrogen-bond donors (Lipinski definition) is 1. The molecule has 0 aliphatic carbocycles. The number of hydrogen-bond acceptors (Lipinski definition) is 2. The van der Waals surface area contributed by atoms with Crippen LogP contribution in [0.15, 0.2) is 12.1 Å². The third kappa shape index (κ3) is 2.62. The molecule has 0 saturated carbocycles. The molecule has 1 aromatic rings. The Hall–Kier alpha value is -1.84. The van der Waals surface area contributed by atoms with Crippen molar-refractivity contribution in [1.29, 1.82) is 0 Å². The highest BCUT2D eigenvalue weighted by Gasteiger charge is 2.32. The first-order valence-corrected chi connectivity index (χ1v) is 6.51. The number of anilines is 1. The largest absolute Gasteiger partial charge is 0.481 e. The molecule has 2 rings (SSSR count).